The van der Waals surface area contributed by atoms with Crippen molar-refractivity contribution in [1.29, 1.82) is 0 Å². The van der Waals surface area contributed by atoms with E-state index in [0.717, 1.165) is 51.2 Å². The zero-order valence-electron chi connectivity index (χ0n) is 13.3. The zero-order valence-corrected chi connectivity index (χ0v) is 14.9. The maximum Gasteiger partial charge on any atom is 0.194 e. The van der Waals surface area contributed by atoms with E-state index in [1.807, 2.05) is 0 Å². The molecule has 1 atom stereocenters. The Kier molecular flexibility index (Phi) is 8.81. The van der Waals surface area contributed by atoms with Crippen LogP contribution in [-0.4, -0.2) is 44.3 Å². The number of rotatable bonds is 3. The Morgan fingerprint density at radius 3 is 2.08 bits per heavy atom. The number of benzene rings is 1. The smallest absolute Gasteiger partial charge is 0.194 e. The standard InChI is InChI=1S/C16H21F3N2O.2ClH/c17-13-9-12(10-14(18)15(13)19)16(11-1-7-22-8-2-11)21-5-3-20-4-6-21;;/h9-11,16,20H,1-8H2;2*1H/t16-;;/m1../s1. The molecular weight excluding hydrogens is 364 g/mol. The van der Waals surface area contributed by atoms with E-state index in [0.29, 0.717) is 18.8 Å². The molecule has 0 aromatic heterocycles. The summed E-state index contributed by atoms with van der Waals surface area (Å²) in [6, 6.07) is 2.22. The number of ether oxygens (including phenoxy) is 1. The van der Waals surface area contributed by atoms with E-state index in [1.54, 1.807) is 0 Å². The van der Waals surface area contributed by atoms with Crippen LogP contribution in [0.3, 0.4) is 0 Å². The summed E-state index contributed by atoms with van der Waals surface area (Å²) in [5.41, 5.74) is 0.533. The van der Waals surface area contributed by atoms with Crippen molar-refractivity contribution >= 4 is 24.8 Å². The first kappa shape index (κ1) is 21.5. The van der Waals surface area contributed by atoms with Crippen molar-refractivity contribution in [3.05, 3.63) is 35.1 Å². The van der Waals surface area contributed by atoms with Crippen LogP contribution in [0.1, 0.15) is 24.4 Å². The molecule has 24 heavy (non-hydrogen) atoms. The fraction of sp³-hybridized carbons (Fsp3) is 0.625. The second-order valence-corrected chi connectivity index (χ2v) is 5.98. The van der Waals surface area contributed by atoms with Crippen molar-refractivity contribution in [1.82, 2.24) is 10.2 Å². The van der Waals surface area contributed by atoms with Crippen molar-refractivity contribution in [3.63, 3.8) is 0 Å². The molecule has 0 saturated carbocycles. The number of piperazine rings is 1. The summed E-state index contributed by atoms with van der Waals surface area (Å²) in [6.45, 7) is 4.68. The van der Waals surface area contributed by atoms with Gasteiger partial charge < -0.3 is 10.1 Å². The van der Waals surface area contributed by atoms with Gasteiger partial charge in [-0.25, -0.2) is 13.2 Å². The molecule has 2 fully saturated rings. The maximum absolute atomic E-state index is 13.7. The lowest BCUT2D eigenvalue weighted by molar-refractivity contribution is 0.0211. The van der Waals surface area contributed by atoms with Gasteiger partial charge in [-0.3, -0.25) is 4.90 Å². The van der Waals surface area contributed by atoms with E-state index in [4.69, 9.17) is 4.74 Å². The van der Waals surface area contributed by atoms with E-state index in [-0.39, 0.29) is 36.8 Å². The summed E-state index contributed by atoms with van der Waals surface area (Å²) >= 11 is 0. The minimum atomic E-state index is -1.39. The molecule has 0 radical (unpaired) electrons. The third kappa shape index (κ3) is 4.76. The van der Waals surface area contributed by atoms with E-state index >= 15 is 0 Å². The molecule has 3 nitrogen and oxygen atoms in total. The fourth-order valence-electron chi connectivity index (χ4n) is 3.52. The molecular formula is C16H23Cl2F3N2O. The molecule has 2 heterocycles. The highest BCUT2D eigenvalue weighted by Gasteiger charge is 2.32. The minimum Gasteiger partial charge on any atom is -0.381 e. The summed E-state index contributed by atoms with van der Waals surface area (Å²) < 4.78 is 46.0. The number of hydrogen-bond acceptors (Lipinski definition) is 3. The Morgan fingerprint density at radius 2 is 1.54 bits per heavy atom. The normalized spacial score (nSPS) is 20.8. The highest BCUT2D eigenvalue weighted by molar-refractivity contribution is 5.85. The molecule has 1 aromatic rings. The van der Waals surface area contributed by atoms with Crippen LogP contribution >= 0.6 is 24.8 Å². The van der Waals surface area contributed by atoms with Crippen molar-refractivity contribution < 1.29 is 17.9 Å². The Bertz CT molecular complexity index is 483. The predicted molar refractivity (Wildman–Crippen MR) is 91.5 cm³/mol. The lowest BCUT2D eigenvalue weighted by atomic mass is 9.85. The SMILES string of the molecule is Cl.Cl.Fc1cc([C@@H](C2CCOCC2)N2CCNCC2)cc(F)c1F. The van der Waals surface area contributed by atoms with Crippen LogP contribution in [0.5, 0.6) is 0 Å². The topological polar surface area (TPSA) is 24.5 Å². The van der Waals surface area contributed by atoms with Crippen molar-refractivity contribution in [3.8, 4) is 0 Å². The molecule has 2 aliphatic heterocycles. The van der Waals surface area contributed by atoms with Crippen molar-refractivity contribution in [2.24, 2.45) is 5.92 Å². The predicted octanol–water partition coefficient (Wildman–Crippen LogP) is 3.32. The van der Waals surface area contributed by atoms with Gasteiger partial charge in [-0.15, -0.1) is 24.8 Å². The second kappa shape index (κ2) is 9.82. The van der Waals surface area contributed by atoms with Crippen LogP contribution in [0.25, 0.3) is 0 Å². The lowest BCUT2D eigenvalue weighted by Gasteiger charge is -2.41. The quantitative estimate of drug-likeness (QED) is 0.806. The first-order chi connectivity index (χ1) is 10.7. The van der Waals surface area contributed by atoms with Crippen LogP contribution in [-0.2, 0) is 4.74 Å². The van der Waals surface area contributed by atoms with Gasteiger partial charge in [0.1, 0.15) is 0 Å². The lowest BCUT2D eigenvalue weighted by Crippen LogP contribution is -2.47. The molecule has 8 heteroatoms. The number of hydrogen-bond donors (Lipinski definition) is 1. The highest BCUT2D eigenvalue weighted by Crippen LogP contribution is 2.36. The molecule has 2 aliphatic rings. The largest absolute Gasteiger partial charge is 0.381 e. The van der Waals surface area contributed by atoms with E-state index in [1.165, 1.54) is 0 Å². The van der Waals surface area contributed by atoms with Gasteiger partial charge in [-0.05, 0) is 36.5 Å². The molecule has 138 valence electrons. The van der Waals surface area contributed by atoms with Gasteiger partial charge in [0.2, 0.25) is 0 Å². The third-order valence-electron chi connectivity index (χ3n) is 4.61. The zero-order chi connectivity index (χ0) is 15.5. The number of halogens is 5. The summed E-state index contributed by atoms with van der Waals surface area (Å²) in [4.78, 5) is 2.25. The Hall–Kier alpha value is -0.530. The van der Waals surface area contributed by atoms with Crippen LogP contribution in [0.15, 0.2) is 12.1 Å². The summed E-state index contributed by atoms with van der Waals surface area (Å²) in [7, 11) is 0. The molecule has 2 saturated heterocycles. The van der Waals surface area contributed by atoms with Crippen molar-refractivity contribution in [2.75, 3.05) is 39.4 Å². The first-order valence-corrected chi connectivity index (χ1v) is 7.84. The van der Waals surface area contributed by atoms with Gasteiger partial charge in [0, 0.05) is 45.4 Å². The molecule has 0 aliphatic carbocycles. The molecule has 0 bridgehead atoms. The van der Waals surface area contributed by atoms with Gasteiger partial charge in [-0.2, -0.15) is 0 Å². The van der Waals surface area contributed by atoms with Gasteiger partial charge >= 0.3 is 0 Å². The van der Waals surface area contributed by atoms with Crippen LogP contribution in [0.2, 0.25) is 0 Å². The number of nitrogens with one attached hydrogen (secondary N) is 1. The molecule has 0 amide bonds. The number of nitrogens with zero attached hydrogens (tertiary/aromatic N) is 1. The van der Waals surface area contributed by atoms with Gasteiger partial charge in [0.15, 0.2) is 17.5 Å². The average Bonchev–Trinajstić information content (AvgIpc) is 2.55. The van der Waals surface area contributed by atoms with E-state index < -0.39 is 17.5 Å². The fourth-order valence-corrected chi connectivity index (χ4v) is 3.52. The highest BCUT2D eigenvalue weighted by atomic mass is 35.5. The Morgan fingerprint density at radius 1 is 1.00 bits per heavy atom. The second-order valence-electron chi connectivity index (χ2n) is 5.98. The van der Waals surface area contributed by atoms with Gasteiger partial charge in [0.25, 0.3) is 0 Å². The van der Waals surface area contributed by atoms with E-state index in [9.17, 15) is 13.2 Å². The van der Waals surface area contributed by atoms with Crippen LogP contribution in [0.4, 0.5) is 13.2 Å². The minimum absolute atomic E-state index is 0. The molecule has 0 unspecified atom stereocenters. The average molecular weight is 387 g/mol. The van der Waals surface area contributed by atoms with Crippen LogP contribution < -0.4 is 5.32 Å². The Balaban J connectivity index is 0.00000144. The Labute approximate surface area is 152 Å². The first-order valence-electron chi connectivity index (χ1n) is 7.84. The maximum atomic E-state index is 13.7. The molecule has 3 rings (SSSR count). The molecule has 1 N–H and O–H groups in total. The van der Waals surface area contributed by atoms with Crippen LogP contribution in [0, 0.1) is 23.4 Å². The van der Waals surface area contributed by atoms with E-state index in [2.05, 4.69) is 10.2 Å². The molecule has 1 aromatic carbocycles. The van der Waals surface area contributed by atoms with Crippen molar-refractivity contribution in [2.45, 2.75) is 18.9 Å². The van der Waals surface area contributed by atoms with Gasteiger partial charge in [-0.1, -0.05) is 0 Å². The monoisotopic (exact) mass is 386 g/mol. The third-order valence-corrected chi connectivity index (χ3v) is 4.61. The van der Waals surface area contributed by atoms with Gasteiger partial charge in [0.05, 0.1) is 0 Å². The summed E-state index contributed by atoms with van der Waals surface area (Å²) in [5, 5.41) is 3.28. The summed E-state index contributed by atoms with van der Waals surface area (Å²) in [6.07, 6.45) is 1.71. The summed E-state index contributed by atoms with van der Waals surface area (Å²) in [5.74, 6) is -3.34. The molecule has 0 spiro atoms.